The van der Waals surface area contributed by atoms with Gasteiger partial charge < -0.3 is 15.8 Å². The molecule has 7 nitrogen and oxygen atoms in total. The number of anilines is 2. The summed E-state index contributed by atoms with van der Waals surface area (Å²) in [6.07, 6.45) is 2.28. The molecule has 1 heterocycles. The maximum Gasteiger partial charge on any atom is 0.224 e. The van der Waals surface area contributed by atoms with Crippen LogP contribution in [0.25, 0.3) is 0 Å². The molecule has 1 aliphatic rings. The summed E-state index contributed by atoms with van der Waals surface area (Å²) >= 11 is 0. The Hall–Kier alpha value is -1.80. The van der Waals surface area contributed by atoms with Crippen LogP contribution in [-0.2, 0) is 14.8 Å². The number of amides is 1. The Morgan fingerprint density at radius 1 is 1.35 bits per heavy atom. The van der Waals surface area contributed by atoms with Gasteiger partial charge in [-0.05, 0) is 37.5 Å². The molecule has 23 heavy (non-hydrogen) atoms. The van der Waals surface area contributed by atoms with Gasteiger partial charge in [-0.1, -0.05) is 0 Å². The first-order valence-electron chi connectivity index (χ1n) is 7.63. The number of ether oxygens (including phenoxy) is 1. The molecule has 0 bridgehead atoms. The SMILES string of the molecule is COc1ccc(NC(=O)CCCS(=O)(=O)N2CCCC2)cc1N. The van der Waals surface area contributed by atoms with Crippen molar-refractivity contribution < 1.29 is 17.9 Å². The molecule has 0 saturated carbocycles. The van der Waals surface area contributed by atoms with E-state index in [1.54, 1.807) is 18.2 Å². The van der Waals surface area contributed by atoms with Crippen molar-refractivity contribution in [3.05, 3.63) is 18.2 Å². The molecule has 128 valence electrons. The highest BCUT2D eigenvalue weighted by Gasteiger charge is 2.24. The van der Waals surface area contributed by atoms with Gasteiger partial charge in [-0.3, -0.25) is 4.79 Å². The minimum Gasteiger partial charge on any atom is -0.495 e. The van der Waals surface area contributed by atoms with E-state index < -0.39 is 10.0 Å². The second-order valence-electron chi connectivity index (χ2n) is 5.53. The van der Waals surface area contributed by atoms with Crippen LogP contribution in [0.4, 0.5) is 11.4 Å². The van der Waals surface area contributed by atoms with E-state index in [4.69, 9.17) is 10.5 Å². The molecular formula is C15H23N3O4S. The van der Waals surface area contributed by atoms with Crippen LogP contribution >= 0.6 is 0 Å². The van der Waals surface area contributed by atoms with Gasteiger partial charge in [0.05, 0.1) is 18.6 Å². The minimum atomic E-state index is -3.23. The van der Waals surface area contributed by atoms with Gasteiger partial charge in [0.1, 0.15) is 5.75 Å². The van der Waals surface area contributed by atoms with Gasteiger partial charge in [-0.25, -0.2) is 12.7 Å². The first kappa shape index (κ1) is 17.6. The predicted molar refractivity (Wildman–Crippen MR) is 89.9 cm³/mol. The Bertz CT molecular complexity index is 655. The summed E-state index contributed by atoms with van der Waals surface area (Å²) in [6, 6.07) is 4.97. The molecule has 0 radical (unpaired) electrons. The van der Waals surface area contributed by atoms with Gasteiger partial charge in [-0.15, -0.1) is 0 Å². The largest absolute Gasteiger partial charge is 0.495 e. The molecule has 0 aliphatic carbocycles. The Labute approximate surface area is 136 Å². The maximum absolute atomic E-state index is 12.1. The fourth-order valence-electron chi connectivity index (χ4n) is 2.55. The topological polar surface area (TPSA) is 102 Å². The number of carbonyl (C=O) groups is 1. The number of hydrogen-bond acceptors (Lipinski definition) is 5. The fourth-order valence-corrected chi connectivity index (χ4v) is 4.13. The van der Waals surface area contributed by atoms with Crippen molar-refractivity contribution in [2.24, 2.45) is 0 Å². The number of nitrogens with two attached hydrogens (primary N) is 1. The van der Waals surface area contributed by atoms with Gasteiger partial charge in [0.25, 0.3) is 0 Å². The number of sulfonamides is 1. The van der Waals surface area contributed by atoms with Crippen LogP contribution < -0.4 is 15.8 Å². The van der Waals surface area contributed by atoms with Crippen molar-refractivity contribution in [2.45, 2.75) is 25.7 Å². The number of hydrogen-bond donors (Lipinski definition) is 2. The van der Waals surface area contributed by atoms with Crippen molar-refractivity contribution in [3.8, 4) is 5.75 Å². The van der Waals surface area contributed by atoms with Gasteiger partial charge in [-0.2, -0.15) is 0 Å². The summed E-state index contributed by atoms with van der Waals surface area (Å²) < 4.78 is 30.7. The first-order chi connectivity index (χ1) is 10.9. The number of rotatable bonds is 7. The zero-order valence-electron chi connectivity index (χ0n) is 13.2. The molecule has 1 amide bonds. The first-order valence-corrected chi connectivity index (χ1v) is 9.24. The highest BCUT2D eigenvalue weighted by molar-refractivity contribution is 7.89. The lowest BCUT2D eigenvalue weighted by molar-refractivity contribution is -0.116. The quantitative estimate of drug-likeness (QED) is 0.730. The molecule has 1 aromatic carbocycles. The Balaban J connectivity index is 1.80. The molecule has 0 spiro atoms. The number of nitrogens with one attached hydrogen (secondary N) is 1. The van der Waals surface area contributed by atoms with Crippen LogP contribution in [0.5, 0.6) is 5.75 Å². The molecule has 0 unspecified atom stereocenters. The molecule has 1 saturated heterocycles. The summed E-state index contributed by atoms with van der Waals surface area (Å²) in [5, 5.41) is 2.71. The average Bonchev–Trinajstić information content (AvgIpc) is 3.02. The van der Waals surface area contributed by atoms with Gasteiger partial charge in [0, 0.05) is 25.2 Å². The third kappa shape index (κ3) is 4.84. The zero-order valence-corrected chi connectivity index (χ0v) is 14.1. The Morgan fingerprint density at radius 3 is 2.65 bits per heavy atom. The molecule has 1 fully saturated rings. The minimum absolute atomic E-state index is 0.00513. The molecule has 0 atom stereocenters. The van der Waals surface area contributed by atoms with E-state index >= 15 is 0 Å². The fraction of sp³-hybridized carbons (Fsp3) is 0.533. The second-order valence-corrected chi connectivity index (χ2v) is 7.62. The number of benzene rings is 1. The summed E-state index contributed by atoms with van der Waals surface area (Å²) in [5.41, 5.74) is 6.77. The zero-order chi connectivity index (χ0) is 16.9. The third-order valence-electron chi connectivity index (χ3n) is 3.78. The van der Waals surface area contributed by atoms with Crippen LogP contribution in [0.2, 0.25) is 0 Å². The smallest absolute Gasteiger partial charge is 0.224 e. The van der Waals surface area contributed by atoms with Crippen LogP contribution in [0.1, 0.15) is 25.7 Å². The lowest BCUT2D eigenvalue weighted by Crippen LogP contribution is -2.30. The number of nitrogens with zero attached hydrogens (tertiary/aromatic N) is 1. The van der Waals surface area contributed by atoms with E-state index in [0.29, 0.717) is 36.6 Å². The molecule has 0 aromatic heterocycles. The molecule has 2 rings (SSSR count). The number of carbonyl (C=O) groups excluding carboxylic acids is 1. The lowest BCUT2D eigenvalue weighted by Gasteiger charge is -2.15. The summed E-state index contributed by atoms with van der Waals surface area (Å²) in [6.45, 7) is 1.19. The van der Waals surface area contributed by atoms with Crippen LogP contribution in [-0.4, -0.2) is 44.6 Å². The summed E-state index contributed by atoms with van der Waals surface area (Å²) in [5.74, 6) is 0.316. The molecular weight excluding hydrogens is 318 g/mol. The van der Waals surface area contributed by atoms with Gasteiger partial charge in [0.15, 0.2) is 0 Å². The Morgan fingerprint density at radius 2 is 2.04 bits per heavy atom. The highest BCUT2D eigenvalue weighted by Crippen LogP contribution is 2.24. The number of methoxy groups -OCH3 is 1. The van der Waals surface area contributed by atoms with Gasteiger partial charge >= 0.3 is 0 Å². The van der Waals surface area contributed by atoms with E-state index in [9.17, 15) is 13.2 Å². The maximum atomic E-state index is 12.1. The third-order valence-corrected chi connectivity index (χ3v) is 5.73. The normalized spacial score (nSPS) is 15.5. The van der Waals surface area contributed by atoms with Crippen LogP contribution in [0.15, 0.2) is 18.2 Å². The van der Waals surface area contributed by atoms with E-state index in [-0.39, 0.29) is 18.1 Å². The molecule has 3 N–H and O–H groups in total. The molecule has 1 aromatic rings. The van der Waals surface area contributed by atoms with Crippen LogP contribution in [0.3, 0.4) is 0 Å². The van der Waals surface area contributed by atoms with E-state index in [1.807, 2.05) is 0 Å². The van der Waals surface area contributed by atoms with E-state index in [2.05, 4.69) is 5.32 Å². The van der Waals surface area contributed by atoms with Crippen molar-refractivity contribution in [3.63, 3.8) is 0 Å². The molecule has 8 heteroatoms. The standard InChI is InChI=1S/C15H23N3O4S/c1-22-14-7-6-12(11-13(14)16)17-15(19)5-4-10-23(20,21)18-8-2-3-9-18/h6-7,11H,2-5,8-10,16H2,1H3,(H,17,19). The van der Waals surface area contributed by atoms with Gasteiger partial charge in [0.2, 0.25) is 15.9 Å². The van der Waals surface area contributed by atoms with Crippen molar-refractivity contribution in [2.75, 3.05) is 37.0 Å². The van der Waals surface area contributed by atoms with E-state index in [0.717, 1.165) is 12.8 Å². The van der Waals surface area contributed by atoms with Crippen molar-refractivity contribution in [1.29, 1.82) is 0 Å². The average molecular weight is 341 g/mol. The molecule has 1 aliphatic heterocycles. The Kier molecular flexibility index (Phi) is 5.84. The number of nitrogen functional groups attached to an aromatic ring is 1. The second kappa shape index (κ2) is 7.65. The summed E-state index contributed by atoms with van der Waals surface area (Å²) in [4.78, 5) is 11.9. The summed E-state index contributed by atoms with van der Waals surface area (Å²) in [7, 11) is -1.71. The van der Waals surface area contributed by atoms with Crippen LogP contribution in [0, 0.1) is 0 Å². The van der Waals surface area contributed by atoms with Crippen molar-refractivity contribution in [1.82, 2.24) is 4.31 Å². The predicted octanol–water partition coefficient (Wildman–Crippen LogP) is 1.42. The van der Waals surface area contributed by atoms with E-state index in [1.165, 1.54) is 11.4 Å². The monoisotopic (exact) mass is 341 g/mol. The van der Waals surface area contributed by atoms with Crippen molar-refractivity contribution >= 4 is 27.3 Å². The highest BCUT2D eigenvalue weighted by atomic mass is 32.2. The lowest BCUT2D eigenvalue weighted by atomic mass is 10.2.